The zero-order valence-corrected chi connectivity index (χ0v) is 22.1. The van der Waals surface area contributed by atoms with Crippen molar-refractivity contribution in [1.29, 1.82) is 0 Å². The van der Waals surface area contributed by atoms with Crippen LogP contribution in [-0.2, 0) is 5.41 Å². The SMILES string of the molecule is OCCCCCCCCCCCCCCO.Oc1ccc(C(c2ccc(O)cc2)(C(F)(F)F)C(F)(F)F)cc1. The Bertz CT molecular complexity index is 820. The molecule has 222 valence electrons. The van der Waals surface area contributed by atoms with Gasteiger partial charge in [0.05, 0.1) is 0 Å². The first-order valence-electron chi connectivity index (χ1n) is 13.4. The van der Waals surface area contributed by atoms with Crippen molar-refractivity contribution in [2.24, 2.45) is 0 Å². The molecule has 0 aliphatic rings. The minimum Gasteiger partial charge on any atom is -0.508 e. The molecule has 0 heterocycles. The molecule has 2 rings (SSSR count). The van der Waals surface area contributed by atoms with Crippen LogP contribution in [0.4, 0.5) is 26.3 Å². The van der Waals surface area contributed by atoms with Crippen molar-refractivity contribution < 1.29 is 46.8 Å². The van der Waals surface area contributed by atoms with E-state index in [-0.39, 0.29) is 0 Å². The van der Waals surface area contributed by atoms with Crippen molar-refractivity contribution >= 4 is 0 Å². The maximum Gasteiger partial charge on any atom is 0.411 e. The predicted octanol–water partition coefficient (Wildman–Crippen LogP) is 8.16. The largest absolute Gasteiger partial charge is 0.508 e. The molecule has 0 bridgehead atoms. The molecule has 39 heavy (non-hydrogen) atoms. The van der Waals surface area contributed by atoms with Gasteiger partial charge in [0.25, 0.3) is 0 Å². The first-order valence-corrected chi connectivity index (χ1v) is 13.4. The van der Waals surface area contributed by atoms with Crippen LogP contribution in [0, 0.1) is 0 Å². The summed E-state index contributed by atoms with van der Waals surface area (Å²) in [6.45, 7) is 0.710. The molecule has 0 saturated heterocycles. The lowest BCUT2D eigenvalue weighted by molar-refractivity contribution is -0.288. The predicted molar refractivity (Wildman–Crippen MR) is 139 cm³/mol. The molecule has 10 heteroatoms. The minimum absolute atomic E-state index is 0.355. The number of aliphatic hydroxyl groups is 2. The number of hydrogen-bond donors (Lipinski definition) is 4. The van der Waals surface area contributed by atoms with Crippen LogP contribution in [-0.4, -0.2) is 46.0 Å². The molecule has 0 aromatic heterocycles. The summed E-state index contributed by atoms with van der Waals surface area (Å²) in [6, 6.07) is 5.30. The Labute approximate surface area is 226 Å². The van der Waals surface area contributed by atoms with Crippen molar-refractivity contribution in [1.82, 2.24) is 0 Å². The summed E-state index contributed by atoms with van der Waals surface area (Å²) in [5.41, 5.74) is -6.44. The molecular formula is C29H40F6O4. The van der Waals surface area contributed by atoms with E-state index in [0.29, 0.717) is 37.5 Å². The highest BCUT2D eigenvalue weighted by Crippen LogP contribution is 2.56. The average molecular weight is 567 g/mol. The Kier molecular flexibility index (Phi) is 15.3. The fraction of sp³-hybridized carbons (Fsp3) is 0.586. The summed E-state index contributed by atoms with van der Waals surface area (Å²) in [6.07, 6.45) is 3.68. The standard InChI is InChI=1S/C15H10F6O2.C14H30O2/c16-14(17,18)13(15(19,20)21,9-1-5-11(22)6-2-9)10-3-7-12(23)8-4-10;15-13-11-9-7-5-3-1-2-4-6-8-10-12-14-16/h1-8,22-23H;15-16H,1-14H2. The molecule has 0 spiro atoms. The Hall–Kier alpha value is -2.46. The molecule has 0 unspecified atom stereocenters. The Balaban J connectivity index is 0.000000420. The summed E-state index contributed by atoms with van der Waals surface area (Å²) in [5.74, 6) is -0.921. The van der Waals surface area contributed by atoms with Crippen molar-refractivity contribution in [3.63, 3.8) is 0 Å². The van der Waals surface area contributed by atoms with E-state index in [0.717, 1.165) is 37.1 Å². The molecular weight excluding hydrogens is 526 g/mol. The van der Waals surface area contributed by atoms with Gasteiger partial charge in [-0.1, -0.05) is 88.5 Å². The molecule has 0 atom stereocenters. The second-order valence-electron chi connectivity index (χ2n) is 9.53. The lowest BCUT2D eigenvalue weighted by atomic mass is 9.73. The van der Waals surface area contributed by atoms with Gasteiger partial charge in [-0.15, -0.1) is 0 Å². The maximum atomic E-state index is 13.6. The first kappa shape index (κ1) is 34.6. The highest BCUT2D eigenvalue weighted by molar-refractivity contribution is 5.46. The van der Waals surface area contributed by atoms with Gasteiger partial charge in [0.2, 0.25) is 5.41 Å². The molecule has 0 aliphatic carbocycles. The van der Waals surface area contributed by atoms with Crippen LogP contribution in [0.15, 0.2) is 48.5 Å². The smallest absolute Gasteiger partial charge is 0.411 e. The van der Waals surface area contributed by atoms with Gasteiger partial charge in [-0.05, 0) is 48.2 Å². The Morgan fingerprint density at radius 2 is 0.641 bits per heavy atom. The van der Waals surface area contributed by atoms with E-state index in [4.69, 9.17) is 20.4 Å². The van der Waals surface area contributed by atoms with Crippen LogP contribution in [0.3, 0.4) is 0 Å². The highest BCUT2D eigenvalue weighted by atomic mass is 19.4. The van der Waals surface area contributed by atoms with Gasteiger partial charge < -0.3 is 20.4 Å². The topological polar surface area (TPSA) is 80.9 Å². The van der Waals surface area contributed by atoms with E-state index >= 15 is 0 Å². The van der Waals surface area contributed by atoms with Crippen LogP contribution in [0.2, 0.25) is 0 Å². The number of phenols is 2. The summed E-state index contributed by atoms with van der Waals surface area (Å²) < 4.78 is 81.6. The number of halogens is 6. The van der Waals surface area contributed by atoms with Crippen molar-refractivity contribution in [2.75, 3.05) is 13.2 Å². The van der Waals surface area contributed by atoms with Gasteiger partial charge in [0, 0.05) is 13.2 Å². The lowest BCUT2D eigenvalue weighted by Crippen LogP contribution is -2.54. The third kappa shape index (κ3) is 10.9. The maximum absolute atomic E-state index is 13.6. The zero-order chi connectivity index (χ0) is 29.4. The molecule has 0 aliphatic heterocycles. The van der Waals surface area contributed by atoms with Gasteiger partial charge in [-0.25, -0.2) is 0 Å². The fourth-order valence-electron chi connectivity index (χ4n) is 4.40. The molecule has 0 fully saturated rings. The molecule has 0 radical (unpaired) electrons. The van der Waals surface area contributed by atoms with E-state index in [1.165, 1.54) is 64.2 Å². The van der Waals surface area contributed by atoms with Crippen molar-refractivity contribution in [3.8, 4) is 11.5 Å². The van der Waals surface area contributed by atoms with Crippen LogP contribution >= 0.6 is 0 Å². The Morgan fingerprint density at radius 1 is 0.410 bits per heavy atom. The second kappa shape index (κ2) is 17.3. The number of rotatable bonds is 15. The number of benzene rings is 2. The van der Waals surface area contributed by atoms with Crippen LogP contribution in [0.25, 0.3) is 0 Å². The summed E-state index contributed by atoms with van der Waals surface area (Å²) >= 11 is 0. The van der Waals surface area contributed by atoms with Crippen LogP contribution < -0.4 is 0 Å². The molecule has 2 aromatic carbocycles. The molecule has 4 N–H and O–H groups in total. The van der Waals surface area contributed by atoms with Crippen molar-refractivity contribution in [2.45, 2.75) is 94.8 Å². The van der Waals surface area contributed by atoms with E-state index < -0.39 is 40.4 Å². The fourth-order valence-corrected chi connectivity index (χ4v) is 4.40. The average Bonchev–Trinajstić information content (AvgIpc) is 2.86. The number of aliphatic hydroxyl groups excluding tert-OH is 2. The first-order chi connectivity index (χ1) is 18.4. The van der Waals surface area contributed by atoms with Crippen LogP contribution in [0.5, 0.6) is 11.5 Å². The van der Waals surface area contributed by atoms with E-state index in [9.17, 15) is 26.3 Å². The number of alkyl halides is 6. The van der Waals surface area contributed by atoms with Gasteiger partial charge >= 0.3 is 12.4 Å². The van der Waals surface area contributed by atoms with E-state index in [1.807, 2.05) is 0 Å². The van der Waals surface area contributed by atoms with E-state index in [1.54, 1.807) is 0 Å². The number of hydrogen-bond acceptors (Lipinski definition) is 4. The molecule has 2 aromatic rings. The van der Waals surface area contributed by atoms with Gasteiger partial charge in [0.15, 0.2) is 0 Å². The normalized spacial score (nSPS) is 12.2. The highest BCUT2D eigenvalue weighted by Gasteiger charge is 2.72. The number of aromatic hydroxyl groups is 2. The third-order valence-corrected chi connectivity index (χ3v) is 6.52. The summed E-state index contributed by atoms with van der Waals surface area (Å²) in [4.78, 5) is 0. The van der Waals surface area contributed by atoms with Crippen molar-refractivity contribution in [3.05, 3.63) is 59.7 Å². The van der Waals surface area contributed by atoms with Crippen LogP contribution in [0.1, 0.15) is 88.2 Å². The Morgan fingerprint density at radius 3 is 0.846 bits per heavy atom. The van der Waals surface area contributed by atoms with Gasteiger partial charge in [-0.3, -0.25) is 0 Å². The minimum atomic E-state index is -5.70. The lowest BCUT2D eigenvalue weighted by Gasteiger charge is -2.38. The molecule has 4 nitrogen and oxygen atoms in total. The molecule has 0 amide bonds. The zero-order valence-electron chi connectivity index (χ0n) is 22.1. The summed E-state index contributed by atoms with van der Waals surface area (Å²) in [7, 11) is 0. The van der Waals surface area contributed by atoms with Gasteiger partial charge in [0.1, 0.15) is 11.5 Å². The summed E-state index contributed by atoms with van der Waals surface area (Å²) in [5, 5.41) is 35.5. The second-order valence-corrected chi connectivity index (χ2v) is 9.53. The monoisotopic (exact) mass is 566 g/mol. The van der Waals surface area contributed by atoms with E-state index in [2.05, 4.69) is 0 Å². The molecule has 0 saturated carbocycles. The number of unbranched alkanes of at least 4 members (excludes halogenated alkanes) is 11. The van der Waals surface area contributed by atoms with Gasteiger partial charge in [-0.2, -0.15) is 26.3 Å². The number of phenolic OH excluding ortho intramolecular Hbond substituents is 2. The third-order valence-electron chi connectivity index (χ3n) is 6.52. The quantitative estimate of drug-likeness (QED) is 0.130.